The summed E-state index contributed by atoms with van der Waals surface area (Å²) in [6, 6.07) is 8.74. The Bertz CT molecular complexity index is 238. The van der Waals surface area contributed by atoms with Crippen LogP contribution in [0.5, 0.6) is 0 Å². The van der Waals surface area contributed by atoms with Gasteiger partial charge in [-0.2, -0.15) is 0 Å². The van der Waals surface area contributed by atoms with Crippen LogP contribution >= 0.6 is 0 Å². The maximum atomic E-state index is 6.03. The van der Waals surface area contributed by atoms with Crippen LogP contribution in [-0.2, 0) is 0 Å². The molecule has 0 aliphatic heterocycles. The molecular weight excluding hydrogens is 158 g/mol. The lowest BCUT2D eigenvalue weighted by molar-refractivity contribution is 0.603. The molecule has 0 aliphatic carbocycles. The highest BCUT2D eigenvalue weighted by Crippen LogP contribution is 2.16. The molecule has 0 aliphatic rings. The summed E-state index contributed by atoms with van der Waals surface area (Å²) in [6.45, 7) is 4.29. The van der Waals surface area contributed by atoms with E-state index in [2.05, 4.69) is 38.1 Å². The summed E-state index contributed by atoms with van der Waals surface area (Å²) >= 11 is 0. The molecule has 0 bridgehead atoms. The Balaban J connectivity index is 2.55. The molecule has 0 unspecified atom stereocenters. The Labute approximate surface area is 81.0 Å². The maximum Gasteiger partial charge on any atom is 0.0294 e. The number of hydrogen-bond acceptors (Lipinski definition) is 1. The Morgan fingerprint density at radius 3 is 2.38 bits per heavy atom. The van der Waals surface area contributed by atoms with Gasteiger partial charge >= 0.3 is 0 Å². The Morgan fingerprint density at radius 1 is 1.23 bits per heavy atom. The fourth-order valence-corrected chi connectivity index (χ4v) is 1.40. The van der Waals surface area contributed by atoms with Crippen molar-refractivity contribution in [2.45, 2.75) is 39.2 Å². The first kappa shape index (κ1) is 10.3. The summed E-state index contributed by atoms with van der Waals surface area (Å²) in [5.74, 6) is 0. The summed E-state index contributed by atoms with van der Waals surface area (Å²) in [5.41, 5.74) is 8.59. The number of benzene rings is 1. The number of aryl methyl sites for hydroxylation is 1. The van der Waals surface area contributed by atoms with Crippen LogP contribution in [-0.4, -0.2) is 0 Å². The van der Waals surface area contributed by atoms with Crippen LogP contribution in [0.25, 0.3) is 0 Å². The lowest BCUT2D eigenvalue weighted by atomic mass is 10.0. The monoisotopic (exact) mass is 177 g/mol. The Kier molecular flexibility index (Phi) is 3.97. The van der Waals surface area contributed by atoms with E-state index < -0.39 is 0 Å². The fourth-order valence-electron chi connectivity index (χ4n) is 1.40. The summed E-state index contributed by atoms with van der Waals surface area (Å²) < 4.78 is 0. The van der Waals surface area contributed by atoms with Gasteiger partial charge in [-0.05, 0) is 18.9 Å². The molecule has 1 rings (SSSR count). The zero-order chi connectivity index (χ0) is 9.68. The predicted molar refractivity (Wildman–Crippen MR) is 57.6 cm³/mol. The number of rotatable bonds is 4. The lowest BCUT2D eigenvalue weighted by Crippen LogP contribution is -2.09. The third-order valence-corrected chi connectivity index (χ3v) is 2.37. The van der Waals surface area contributed by atoms with Crippen molar-refractivity contribution in [3.05, 3.63) is 35.4 Å². The summed E-state index contributed by atoms with van der Waals surface area (Å²) in [6.07, 6.45) is 3.54. The molecule has 13 heavy (non-hydrogen) atoms. The van der Waals surface area contributed by atoms with E-state index in [1.54, 1.807) is 0 Å². The van der Waals surface area contributed by atoms with Crippen LogP contribution in [0.3, 0.4) is 0 Å². The van der Waals surface area contributed by atoms with Gasteiger partial charge in [0.15, 0.2) is 0 Å². The van der Waals surface area contributed by atoms with Crippen LogP contribution in [0.1, 0.15) is 43.4 Å². The van der Waals surface area contributed by atoms with Crippen molar-refractivity contribution >= 4 is 0 Å². The van der Waals surface area contributed by atoms with Gasteiger partial charge in [-0.15, -0.1) is 0 Å². The van der Waals surface area contributed by atoms with Gasteiger partial charge in [-0.25, -0.2) is 0 Å². The molecule has 1 aromatic carbocycles. The van der Waals surface area contributed by atoms with Gasteiger partial charge in [0.2, 0.25) is 0 Å². The number of nitrogens with two attached hydrogens (primary N) is 1. The first-order chi connectivity index (χ1) is 6.24. The normalized spacial score (nSPS) is 12.8. The van der Waals surface area contributed by atoms with Crippen LogP contribution in [0.4, 0.5) is 0 Å². The standard InChI is InChI=1S/C12H19N/c1-3-4-5-12(13)11-8-6-10(2)7-9-11/h6-9,12H,3-5,13H2,1-2H3/t12-/m0/s1. The van der Waals surface area contributed by atoms with Crippen LogP contribution in [0, 0.1) is 6.92 Å². The van der Waals surface area contributed by atoms with Crippen molar-refractivity contribution in [2.24, 2.45) is 5.73 Å². The average molecular weight is 177 g/mol. The highest BCUT2D eigenvalue weighted by molar-refractivity contribution is 5.23. The maximum absolute atomic E-state index is 6.03. The van der Waals surface area contributed by atoms with Crippen LogP contribution < -0.4 is 5.73 Å². The summed E-state index contributed by atoms with van der Waals surface area (Å²) in [5, 5.41) is 0. The third-order valence-electron chi connectivity index (χ3n) is 2.37. The second-order valence-corrected chi connectivity index (χ2v) is 3.66. The molecule has 0 spiro atoms. The first-order valence-corrected chi connectivity index (χ1v) is 5.06. The topological polar surface area (TPSA) is 26.0 Å². The Morgan fingerprint density at radius 2 is 1.85 bits per heavy atom. The third kappa shape index (κ3) is 3.19. The summed E-state index contributed by atoms with van der Waals surface area (Å²) in [7, 11) is 0. The molecule has 0 amide bonds. The minimum Gasteiger partial charge on any atom is -0.324 e. The molecule has 1 atom stereocenters. The molecule has 0 saturated carbocycles. The largest absolute Gasteiger partial charge is 0.324 e. The molecule has 2 N–H and O–H groups in total. The zero-order valence-electron chi connectivity index (χ0n) is 8.59. The van der Waals surface area contributed by atoms with E-state index in [1.807, 2.05) is 0 Å². The molecular formula is C12H19N. The van der Waals surface area contributed by atoms with E-state index in [0.717, 1.165) is 6.42 Å². The van der Waals surface area contributed by atoms with Crippen LogP contribution in [0.15, 0.2) is 24.3 Å². The molecule has 0 aromatic heterocycles. The Hall–Kier alpha value is -0.820. The molecule has 1 aromatic rings. The van der Waals surface area contributed by atoms with Crippen molar-refractivity contribution in [1.29, 1.82) is 0 Å². The van der Waals surface area contributed by atoms with Gasteiger partial charge in [0.1, 0.15) is 0 Å². The summed E-state index contributed by atoms with van der Waals surface area (Å²) in [4.78, 5) is 0. The van der Waals surface area contributed by atoms with E-state index in [9.17, 15) is 0 Å². The van der Waals surface area contributed by atoms with Crippen molar-refractivity contribution in [1.82, 2.24) is 0 Å². The van der Waals surface area contributed by atoms with Crippen LogP contribution in [0.2, 0.25) is 0 Å². The fraction of sp³-hybridized carbons (Fsp3) is 0.500. The van der Waals surface area contributed by atoms with E-state index in [4.69, 9.17) is 5.73 Å². The van der Waals surface area contributed by atoms with Gasteiger partial charge in [0.25, 0.3) is 0 Å². The predicted octanol–water partition coefficient (Wildman–Crippen LogP) is 3.19. The first-order valence-electron chi connectivity index (χ1n) is 5.06. The number of unbranched alkanes of at least 4 members (excludes halogenated alkanes) is 1. The molecule has 0 heterocycles. The average Bonchev–Trinajstić information content (AvgIpc) is 2.15. The van der Waals surface area contributed by atoms with Crippen molar-refractivity contribution < 1.29 is 0 Å². The molecule has 1 nitrogen and oxygen atoms in total. The SMILES string of the molecule is CCCC[C@H](N)c1ccc(C)cc1. The van der Waals surface area contributed by atoms with Gasteiger partial charge < -0.3 is 5.73 Å². The van der Waals surface area contributed by atoms with Crippen molar-refractivity contribution in [3.63, 3.8) is 0 Å². The quantitative estimate of drug-likeness (QED) is 0.751. The van der Waals surface area contributed by atoms with Crippen molar-refractivity contribution in [3.8, 4) is 0 Å². The molecule has 72 valence electrons. The van der Waals surface area contributed by atoms with Gasteiger partial charge in [-0.3, -0.25) is 0 Å². The molecule has 1 heteroatoms. The molecule has 0 fully saturated rings. The van der Waals surface area contributed by atoms with Crippen molar-refractivity contribution in [2.75, 3.05) is 0 Å². The van der Waals surface area contributed by atoms with E-state index in [0.29, 0.717) is 0 Å². The second-order valence-electron chi connectivity index (χ2n) is 3.66. The highest BCUT2D eigenvalue weighted by Gasteiger charge is 2.03. The number of hydrogen-bond donors (Lipinski definition) is 1. The highest BCUT2D eigenvalue weighted by atomic mass is 14.6. The lowest BCUT2D eigenvalue weighted by Gasteiger charge is -2.11. The molecule has 0 saturated heterocycles. The van der Waals surface area contributed by atoms with E-state index in [1.165, 1.54) is 24.0 Å². The van der Waals surface area contributed by atoms with Gasteiger partial charge in [0.05, 0.1) is 0 Å². The van der Waals surface area contributed by atoms with E-state index in [-0.39, 0.29) is 6.04 Å². The van der Waals surface area contributed by atoms with Gasteiger partial charge in [-0.1, -0.05) is 49.6 Å². The molecule has 0 radical (unpaired) electrons. The second kappa shape index (κ2) is 5.03. The minimum atomic E-state index is 0.223. The zero-order valence-corrected chi connectivity index (χ0v) is 8.59. The van der Waals surface area contributed by atoms with Gasteiger partial charge in [0, 0.05) is 6.04 Å². The minimum absolute atomic E-state index is 0.223. The van der Waals surface area contributed by atoms with E-state index >= 15 is 0 Å². The smallest absolute Gasteiger partial charge is 0.0294 e.